The summed E-state index contributed by atoms with van der Waals surface area (Å²) in [6.45, 7) is 4.65. The molecule has 4 nitrogen and oxygen atoms in total. The fraction of sp³-hybridized carbons (Fsp3) is 0.900. The number of carbonyl (C=O) groups is 1. The quantitative estimate of drug-likeness (QED) is 0.694. The van der Waals surface area contributed by atoms with E-state index in [1.54, 1.807) is 6.92 Å². The molecule has 2 N–H and O–H groups in total. The van der Waals surface area contributed by atoms with E-state index < -0.39 is 11.7 Å². The topological polar surface area (TPSA) is 58.6 Å². The monoisotopic (exact) mass is 201 g/mol. The summed E-state index contributed by atoms with van der Waals surface area (Å²) in [7, 11) is 0. The number of aliphatic hydroxyl groups is 1. The molecule has 1 amide bonds. The SMILES string of the molecule is CCC(O)CNC(=O)C1(C)CCCO1. The zero-order valence-electron chi connectivity index (χ0n) is 8.88. The molecule has 0 spiro atoms. The van der Waals surface area contributed by atoms with Gasteiger partial charge in [-0.1, -0.05) is 6.92 Å². The molecule has 0 bridgehead atoms. The van der Waals surface area contributed by atoms with E-state index in [0.717, 1.165) is 12.8 Å². The van der Waals surface area contributed by atoms with Crippen LogP contribution in [0.3, 0.4) is 0 Å². The lowest BCUT2D eigenvalue weighted by molar-refractivity contribution is -0.139. The highest BCUT2D eigenvalue weighted by Crippen LogP contribution is 2.24. The average molecular weight is 201 g/mol. The van der Waals surface area contributed by atoms with Gasteiger partial charge in [-0.25, -0.2) is 0 Å². The molecular weight excluding hydrogens is 182 g/mol. The Morgan fingerprint density at radius 2 is 2.43 bits per heavy atom. The van der Waals surface area contributed by atoms with Gasteiger partial charge in [-0.05, 0) is 26.2 Å². The van der Waals surface area contributed by atoms with E-state index in [4.69, 9.17) is 4.74 Å². The van der Waals surface area contributed by atoms with Crippen LogP contribution >= 0.6 is 0 Å². The molecule has 1 rings (SSSR count). The van der Waals surface area contributed by atoms with Crippen LogP contribution in [-0.2, 0) is 9.53 Å². The van der Waals surface area contributed by atoms with Crippen molar-refractivity contribution in [2.24, 2.45) is 0 Å². The largest absolute Gasteiger partial charge is 0.391 e. The van der Waals surface area contributed by atoms with Crippen LogP contribution < -0.4 is 5.32 Å². The Labute approximate surface area is 84.6 Å². The Balaban J connectivity index is 2.34. The molecular formula is C10H19NO3. The number of rotatable bonds is 4. The predicted octanol–water partition coefficient (Wildman–Crippen LogP) is 0.443. The molecule has 1 heterocycles. The molecule has 1 saturated heterocycles. The maximum Gasteiger partial charge on any atom is 0.252 e. The minimum Gasteiger partial charge on any atom is -0.391 e. The standard InChI is InChI=1S/C10H19NO3/c1-3-8(12)7-11-9(13)10(2)5-4-6-14-10/h8,12H,3-7H2,1-2H3,(H,11,13). The molecule has 1 aliphatic rings. The van der Waals surface area contributed by atoms with E-state index in [2.05, 4.69) is 5.32 Å². The molecule has 2 unspecified atom stereocenters. The lowest BCUT2D eigenvalue weighted by Gasteiger charge is -2.22. The number of hydrogen-bond donors (Lipinski definition) is 2. The van der Waals surface area contributed by atoms with Crippen molar-refractivity contribution in [2.45, 2.75) is 44.8 Å². The summed E-state index contributed by atoms with van der Waals surface area (Å²) in [5, 5.41) is 12.0. The first kappa shape index (κ1) is 11.5. The summed E-state index contributed by atoms with van der Waals surface area (Å²) < 4.78 is 5.37. The van der Waals surface area contributed by atoms with Gasteiger partial charge in [0.15, 0.2) is 0 Å². The molecule has 4 heteroatoms. The molecule has 1 aliphatic heterocycles. The Morgan fingerprint density at radius 3 is 2.93 bits per heavy atom. The first-order valence-corrected chi connectivity index (χ1v) is 5.19. The van der Waals surface area contributed by atoms with Crippen molar-refractivity contribution in [3.8, 4) is 0 Å². The van der Waals surface area contributed by atoms with Gasteiger partial charge < -0.3 is 15.2 Å². The minimum absolute atomic E-state index is 0.109. The van der Waals surface area contributed by atoms with Gasteiger partial charge in [-0.3, -0.25) is 4.79 Å². The summed E-state index contributed by atoms with van der Waals surface area (Å²) in [5.74, 6) is -0.109. The number of aliphatic hydroxyl groups excluding tert-OH is 1. The summed E-state index contributed by atoms with van der Waals surface area (Å²) in [5.41, 5.74) is -0.673. The average Bonchev–Trinajstić information content (AvgIpc) is 2.62. The van der Waals surface area contributed by atoms with Crippen LogP contribution in [0.4, 0.5) is 0 Å². The van der Waals surface area contributed by atoms with Crippen molar-refractivity contribution < 1.29 is 14.6 Å². The highest BCUT2D eigenvalue weighted by Gasteiger charge is 2.37. The van der Waals surface area contributed by atoms with Gasteiger partial charge in [-0.2, -0.15) is 0 Å². The molecule has 0 aliphatic carbocycles. The smallest absolute Gasteiger partial charge is 0.252 e. The van der Waals surface area contributed by atoms with Crippen molar-refractivity contribution in [1.82, 2.24) is 5.32 Å². The third kappa shape index (κ3) is 2.69. The first-order chi connectivity index (χ1) is 6.58. The minimum atomic E-state index is -0.673. The molecule has 0 aromatic rings. The Bertz CT molecular complexity index is 200. The molecule has 0 radical (unpaired) electrons. The summed E-state index contributed by atoms with van der Waals surface area (Å²) in [6.07, 6.45) is 1.89. The van der Waals surface area contributed by atoms with E-state index in [-0.39, 0.29) is 5.91 Å². The van der Waals surface area contributed by atoms with Crippen molar-refractivity contribution in [1.29, 1.82) is 0 Å². The van der Waals surface area contributed by atoms with Crippen LogP contribution in [0.1, 0.15) is 33.1 Å². The van der Waals surface area contributed by atoms with Crippen molar-refractivity contribution in [2.75, 3.05) is 13.2 Å². The number of ether oxygens (including phenoxy) is 1. The zero-order chi connectivity index (χ0) is 10.6. The van der Waals surface area contributed by atoms with Gasteiger partial charge in [0, 0.05) is 13.2 Å². The Kier molecular flexibility index (Phi) is 3.89. The second kappa shape index (κ2) is 4.75. The van der Waals surface area contributed by atoms with Gasteiger partial charge >= 0.3 is 0 Å². The predicted molar refractivity (Wildman–Crippen MR) is 52.9 cm³/mol. The number of nitrogens with one attached hydrogen (secondary N) is 1. The van der Waals surface area contributed by atoms with Gasteiger partial charge in [-0.15, -0.1) is 0 Å². The van der Waals surface area contributed by atoms with E-state index in [1.165, 1.54) is 0 Å². The molecule has 2 atom stereocenters. The van der Waals surface area contributed by atoms with Crippen LogP contribution in [0, 0.1) is 0 Å². The summed E-state index contributed by atoms with van der Waals surface area (Å²) >= 11 is 0. The molecule has 14 heavy (non-hydrogen) atoms. The van der Waals surface area contributed by atoms with Gasteiger partial charge in [0.2, 0.25) is 0 Å². The highest BCUT2D eigenvalue weighted by atomic mass is 16.5. The third-order valence-corrected chi connectivity index (χ3v) is 2.67. The van der Waals surface area contributed by atoms with E-state index in [0.29, 0.717) is 19.6 Å². The highest BCUT2D eigenvalue weighted by molar-refractivity contribution is 5.85. The summed E-state index contributed by atoms with van der Waals surface area (Å²) in [4.78, 5) is 11.6. The van der Waals surface area contributed by atoms with Gasteiger partial charge in [0.05, 0.1) is 6.10 Å². The number of amides is 1. The molecule has 0 aromatic heterocycles. The maximum atomic E-state index is 11.6. The molecule has 1 fully saturated rings. The first-order valence-electron chi connectivity index (χ1n) is 5.19. The fourth-order valence-electron chi connectivity index (χ4n) is 1.50. The Morgan fingerprint density at radius 1 is 1.71 bits per heavy atom. The van der Waals surface area contributed by atoms with Crippen molar-refractivity contribution >= 4 is 5.91 Å². The van der Waals surface area contributed by atoms with Crippen LogP contribution in [-0.4, -0.2) is 35.9 Å². The van der Waals surface area contributed by atoms with Gasteiger partial charge in [0.25, 0.3) is 5.91 Å². The van der Waals surface area contributed by atoms with Crippen LogP contribution in [0.2, 0.25) is 0 Å². The van der Waals surface area contributed by atoms with E-state index >= 15 is 0 Å². The number of hydrogen-bond acceptors (Lipinski definition) is 3. The number of carbonyl (C=O) groups excluding carboxylic acids is 1. The molecule has 0 aromatic carbocycles. The normalized spacial score (nSPS) is 28.8. The lowest BCUT2D eigenvalue weighted by Crippen LogP contribution is -2.46. The van der Waals surface area contributed by atoms with Crippen LogP contribution in [0.5, 0.6) is 0 Å². The molecule has 0 saturated carbocycles. The van der Waals surface area contributed by atoms with Crippen molar-refractivity contribution in [3.63, 3.8) is 0 Å². The zero-order valence-corrected chi connectivity index (χ0v) is 8.88. The summed E-state index contributed by atoms with van der Waals surface area (Å²) in [6, 6.07) is 0. The lowest BCUT2D eigenvalue weighted by atomic mass is 10.0. The second-order valence-electron chi connectivity index (χ2n) is 3.95. The van der Waals surface area contributed by atoms with Crippen molar-refractivity contribution in [3.05, 3.63) is 0 Å². The Hall–Kier alpha value is -0.610. The van der Waals surface area contributed by atoms with Crippen LogP contribution in [0.25, 0.3) is 0 Å². The maximum absolute atomic E-state index is 11.6. The van der Waals surface area contributed by atoms with Crippen LogP contribution in [0.15, 0.2) is 0 Å². The van der Waals surface area contributed by atoms with E-state index in [9.17, 15) is 9.90 Å². The van der Waals surface area contributed by atoms with E-state index in [1.807, 2.05) is 6.92 Å². The second-order valence-corrected chi connectivity index (χ2v) is 3.95. The molecule has 82 valence electrons. The van der Waals surface area contributed by atoms with Gasteiger partial charge in [0.1, 0.15) is 5.60 Å². The fourth-order valence-corrected chi connectivity index (χ4v) is 1.50. The third-order valence-electron chi connectivity index (χ3n) is 2.67.